The van der Waals surface area contributed by atoms with Crippen LogP contribution in [0.2, 0.25) is 0 Å². The third-order valence-electron chi connectivity index (χ3n) is 4.63. The quantitative estimate of drug-likeness (QED) is 0.793. The van der Waals surface area contributed by atoms with Crippen LogP contribution in [0.4, 0.5) is 5.82 Å². The second-order valence-corrected chi connectivity index (χ2v) is 6.54. The minimum Gasteiger partial charge on any atom is -0.353 e. The van der Waals surface area contributed by atoms with Gasteiger partial charge in [0.2, 0.25) is 0 Å². The molecule has 1 aliphatic rings. The number of imidazole rings is 1. The maximum Gasteiger partial charge on any atom is 0.154 e. The van der Waals surface area contributed by atoms with Crippen molar-refractivity contribution in [1.82, 2.24) is 24.9 Å². The van der Waals surface area contributed by atoms with E-state index in [1.54, 1.807) is 0 Å². The van der Waals surface area contributed by atoms with E-state index < -0.39 is 0 Å². The van der Waals surface area contributed by atoms with Crippen LogP contribution in [0.3, 0.4) is 0 Å². The molecule has 0 aromatic carbocycles. The van der Waals surface area contributed by atoms with Crippen LogP contribution in [0, 0.1) is 6.92 Å². The Kier molecular flexibility index (Phi) is 4.36. The van der Waals surface area contributed by atoms with Gasteiger partial charge in [-0.25, -0.2) is 9.50 Å². The van der Waals surface area contributed by atoms with Crippen molar-refractivity contribution in [3.8, 4) is 11.3 Å². The van der Waals surface area contributed by atoms with Crippen molar-refractivity contribution in [2.24, 2.45) is 0 Å². The monoisotopic (exact) mass is 336 g/mol. The molecule has 3 aromatic heterocycles. The maximum atomic E-state index is 4.94. The molecular weight excluding hydrogens is 312 g/mol. The van der Waals surface area contributed by atoms with Gasteiger partial charge in [-0.05, 0) is 37.6 Å². The summed E-state index contributed by atoms with van der Waals surface area (Å²) in [5.74, 6) is 1.02. The number of nitrogens with one attached hydrogen (secondary N) is 1. The summed E-state index contributed by atoms with van der Waals surface area (Å²) in [6.45, 7) is 8.18. The summed E-state index contributed by atoms with van der Waals surface area (Å²) >= 11 is 0. The average Bonchev–Trinajstić information content (AvgIpc) is 3.00. The molecule has 1 aliphatic heterocycles. The zero-order chi connectivity index (χ0) is 17.2. The highest BCUT2D eigenvalue weighted by Gasteiger charge is 2.18. The fraction of sp³-hybridized carbons (Fsp3) is 0.421. The summed E-state index contributed by atoms with van der Waals surface area (Å²) in [7, 11) is 0. The highest BCUT2D eigenvalue weighted by Crippen LogP contribution is 2.27. The summed E-state index contributed by atoms with van der Waals surface area (Å²) in [6, 6.07) is 8.34. The number of piperazine rings is 1. The van der Waals surface area contributed by atoms with E-state index in [-0.39, 0.29) is 0 Å². The van der Waals surface area contributed by atoms with E-state index in [1.165, 1.54) is 0 Å². The van der Waals surface area contributed by atoms with Gasteiger partial charge in [0.15, 0.2) is 5.65 Å². The van der Waals surface area contributed by atoms with Crippen LogP contribution in [0.5, 0.6) is 0 Å². The first-order chi connectivity index (χ1) is 12.3. The number of aromatic nitrogens is 4. The molecule has 1 N–H and O–H groups in total. The van der Waals surface area contributed by atoms with Gasteiger partial charge in [0.1, 0.15) is 5.82 Å². The second kappa shape index (κ2) is 6.80. The number of nitrogens with zero attached hydrogens (tertiary/aromatic N) is 5. The predicted molar refractivity (Wildman–Crippen MR) is 100 cm³/mol. The van der Waals surface area contributed by atoms with E-state index >= 15 is 0 Å². The molecule has 6 nitrogen and oxygen atoms in total. The molecule has 0 radical (unpaired) electrons. The minimum atomic E-state index is 0.909. The van der Waals surface area contributed by atoms with Crippen molar-refractivity contribution < 1.29 is 0 Å². The fourth-order valence-electron chi connectivity index (χ4n) is 3.42. The van der Waals surface area contributed by atoms with Gasteiger partial charge in [-0.3, -0.25) is 4.98 Å². The number of rotatable bonds is 4. The Morgan fingerprint density at radius 1 is 1.16 bits per heavy atom. The first-order valence-corrected chi connectivity index (χ1v) is 9.03. The van der Waals surface area contributed by atoms with Gasteiger partial charge in [0.25, 0.3) is 0 Å². The summed E-state index contributed by atoms with van der Waals surface area (Å²) in [4.78, 5) is 11.5. The molecule has 25 heavy (non-hydrogen) atoms. The van der Waals surface area contributed by atoms with Gasteiger partial charge >= 0.3 is 0 Å². The van der Waals surface area contributed by atoms with Gasteiger partial charge in [-0.2, -0.15) is 0 Å². The van der Waals surface area contributed by atoms with Crippen LogP contribution in [-0.4, -0.2) is 45.8 Å². The zero-order valence-corrected chi connectivity index (χ0v) is 14.9. The molecule has 1 saturated heterocycles. The molecule has 1 fully saturated rings. The van der Waals surface area contributed by atoms with Crippen molar-refractivity contribution in [1.29, 1.82) is 0 Å². The van der Waals surface area contributed by atoms with Crippen LogP contribution < -0.4 is 10.2 Å². The molecule has 0 atom stereocenters. The van der Waals surface area contributed by atoms with E-state index in [1.807, 2.05) is 17.6 Å². The highest BCUT2D eigenvalue weighted by molar-refractivity contribution is 5.67. The Bertz CT molecular complexity index is 879. The lowest BCUT2D eigenvalue weighted by atomic mass is 10.1. The first kappa shape index (κ1) is 16.0. The van der Waals surface area contributed by atoms with E-state index in [0.717, 1.165) is 73.1 Å². The fourth-order valence-corrected chi connectivity index (χ4v) is 3.42. The molecular formula is C19H24N6. The van der Waals surface area contributed by atoms with Gasteiger partial charge in [0.05, 0.1) is 11.4 Å². The Hall–Kier alpha value is -2.47. The molecule has 0 spiro atoms. The second-order valence-electron chi connectivity index (χ2n) is 6.54. The summed E-state index contributed by atoms with van der Waals surface area (Å²) in [6.07, 6.45) is 3.87. The molecule has 6 heteroatoms. The Labute approximate surface area is 147 Å². The Morgan fingerprint density at radius 2 is 2.00 bits per heavy atom. The highest BCUT2D eigenvalue weighted by atomic mass is 15.3. The largest absolute Gasteiger partial charge is 0.353 e. The van der Waals surface area contributed by atoms with Crippen LogP contribution >= 0.6 is 0 Å². The average molecular weight is 336 g/mol. The third-order valence-corrected chi connectivity index (χ3v) is 4.63. The van der Waals surface area contributed by atoms with E-state index in [9.17, 15) is 0 Å². The van der Waals surface area contributed by atoms with Crippen molar-refractivity contribution in [3.63, 3.8) is 0 Å². The first-order valence-electron chi connectivity index (χ1n) is 9.03. The topological polar surface area (TPSA) is 58.4 Å². The van der Waals surface area contributed by atoms with Gasteiger partial charge in [0, 0.05) is 43.6 Å². The molecule has 0 aliphatic carbocycles. The minimum absolute atomic E-state index is 0.909. The molecule has 130 valence electrons. The van der Waals surface area contributed by atoms with E-state index in [2.05, 4.69) is 46.4 Å². The van der Waals surface area contributed by atoms with Crippen molar-refractivity contribution in [2.45, 2.75) is 26.7 Å². The lowest BCUT2D eigenvalue weighted by Gasteiger charge is -2.28. The lowest BCUT2D eigenvalue weighted by molar-refractivity contribution is 0.582. The number of pyridine rings is 1. The number of aryl methyl sites for hydroxylation is 2. The normalized spacial score (nSPS) is 15.0. The third kappa shape index (κ3) is 3.09. The molecule has 0 saturated carbocycles. The van der Waals surface area contributed by atoms with Gasteiger partial charge < -0.3 is 10.2 Å². The van der Waals surface area contributed by atoms with Gasteiger partial charge in [-0.1, -0.05) is 13.3 Å². The number of fused-ring (bicyclic) bond motifs is 1. The lowest BCUT2D eigenvalue weighted by Crippen LogP contribution is -2.44. The standard InChI is InChI=1S/C19H24N6/c1-3-4-16-19(15-7-8-21-14(2)13-15)25-17(22-16)5-6-18(23-25)24-11-9-20-10-12-24/h5-8,13,20H,3-4,9-12H2,1-2H3. The van der Waals surface area contributed by atoms with Crippen molar-refractivity contribution in [2.75, 3.05) is 31.1 Å². The number of hydrogen-bond donors (Lipinski definition) is 1. The van der Waals surface area contributed by atoms with Crippen LogP contribution in [-0.2, 0) is 6.42 Å². The van der Waals surface area contributed by atoms with Crippen molar-refractivity contribution in [3.05, 3.63) is 41.9 Å². The molecule has 4 heterocycles. The number of hydrogen-bond acceptors (Lipinski definition) is 5. The van der Waals surface area contributed by atoms with E-state index in [0.29, 0.717) is 0 Å². The molecule has 4 rings (SSSR count). The molecule has 0 amide bonds. The SMILES string of the molecule is CCCc1nc2ccc(N3CCNCC3)nn2c1-c1ccnc(C)c1. The predicted octanol–water partition coefficient (Wildman–Crippen LogP) is 2.46. The van der Waals surface area contributed by atoms with Gasteiger partial charge in [-0.15, -0.1) is 5.10 Å². The van der Waals surface area contributed by atoms with E-state index in [4.69, 9.17) is 10.1 Å². The summed E-state index contributed by atoms with van der Waals surface area (Å²) in [5.41, 5.74) is 5.26. The van der Waals surface area contributed by atoms with Crippen LogP contribution in [0.15, 0.2) is 30.5 Å². The van der Waals surface area contributed by atoms with Crippen molar-refractivity contribution >= 4 is 11.5 Å². The molecule has 3 aromatic rings. The summed E-state index contributed by atoms with van der Waals surface area (Å²) in [5, 5.41) is 8.33. The Balaban J connectivity index is 1.86. The smallest absolute Gasteiger partial charge is 0.154 e. The van der Waals surface area contributed by atoms with Crippen LogP contribution in [0.25, 0.3) is 16.9 Å². The summed E-state index contributed by atoms with van der Waals surface area (Å²) < 4.78 is 2.01. The van der Waals surface area contributed by atoms with Crippen LogP contribution in [0.1, 0.15) is 24.7 Å². The number of anilines is 1. The zero-order valence-electron chi connectivity index (χ0n) is 14.9. The molecule has 0 bridgehead atoms. The molecule has 0 unspecified atom stereocenters. The Morgan fingerprint density at radius 3 is 2.76 bits per heavy atom. The maximum absolute atomic E-state index is 4.94.